The van der Waals surface area contributed by atoms with E-state index in [1.165, 1.54) is 18.5 Å². The first-order valence-corrected chi connectivity index (χ1v) is 6.10. The molecule has 20 heavy (non-hydrogen) atoms. The molecule has 0 spiro atoms. The molecule has 108 valence electrons. The van der Waals surface area contributed by atoms with Crippen molar-refractivity contribution in [3.8, 4) is 0 Å². The second-order valence-corrected chi connectivity index (χ2v) is 5.10. The predicted molar refractivity (Wildman–Crippen MR) is 74.5 cm³/mol. The van der Waals surface area contributed by atoms with Gasteiger partial charge in [0, 0.05) is 18.9 Å². The number of alkyl carbamates (subject to hydrolysis) is 1. The van der Waals surface area contributed by atoms with E-state index >= 15 is 0 Å². The highest BCUT2D eigenvalue weighted by molar-refractivity contribution is 5.87. The van der Waals surface area contributed by atoms with E-state index in [0.29, 0.717) is 5.56 Å². The van der Waals surface area contributed by atoms with Gasteiger partial charge < -0.3 is 15.2 Å². The van der Waals surface area contributed by atoms with E-state index in [-0.39, 0.29) is 12.1 Å². The molecule has 0 fully saturated rings. The Balaban J connectivity index is 2.47. The minimum absolute atomic E-state index is 0.118. The number of aromatic carboxylic acids is 1. The molecule has 0 unspecified atom stereocenters. The zero-order valence-corrected chi connectivity index (χ0v) is 11.7. The summed E-state index contributed by atoms with van der Waals surface area (Å²) < 4.78 is 5.07. The van der Waals surface area contributed by atoms with E-state index in [4.69, 9.17) is 9.84 Å². The molecule has 1 aromatic heterocycles. The van der Waals surface area contributed by atoms with E-state index in [9.17, 15) is 9.59 Å². The van der Waals surface area contributed by atoms with Crippen molar-refractivity contribution in [2.75, 3.05) is 6.54 Å². The SMILES string of the molecule is CC(C)(C)OC(=O)NC/C=C/c1cncc(C(=O)O)c1. The zero-order chi connectivity index (χ0) is 15.2. The molecule has 6 heteroatoms. The van der Waals surface area contributed by atoms with Gasteiger partial charge in [-0.25, -0.2) is 9.59 Å². The number of nitrogens with zero attached hydrogens (tertiary/aromatic N) is 1. The molecule has 0 aliphatic carbocycles. The van der Waals surface area contributed by atoms with Gasteiger partial charge in [0.1, 0.15) is 5.60 Å². The number of carboxylic acids is 1. The summed E-state index contributed by atoms with van der Waals surface area (Å²) in [7, 11) is 0. The van der Waals surface area contributed by atoms with Crippen molar-refractivity contribution in [3.63, 3.8) is 0 Å². The van der Waals surface area contributed by atoms with Gasteiger partial charge in [-0.3, -0.25) is 4.98 Å². The summed E-state index contributed by atoms with van der Waals surface area (Å²) in [4.78, 5) is 25.9. The third-order valence-corrected chi connectivity index (χ3v) is 2.08. The van der Waals surface area contributed by atoms with Crippen molar-refractivity contribution >= 4 is 18.1 Å². The Morgan fingerprint density at radius 1 is 1.40 bits per heavy atom. The van der Waals surface area contributed by atoms with Gasteiger partial charge in [0.05, 0.1) is 5.56 Å². The van der Waals surface area contributed by atoms with Crippen LogP contribution >= 0.6 is 0 Å². The third kappa shape index (κ3) is 5.99. The number of carboxylic acid groups (broad SMARTS) is 1. The minimum atomic E-state index is -1.03. The van der Waals surface area contributed by atoms with Crippen LogP contribution in [-0.4, -0.2) is 34.3 Å². The fourth-order valence-corrected chi connectivity index (χ4v) is 1.32. The van der Waals surface area contributed by atoms with Crippen LogP contribution in [0.4, 0.5) is 4.79 Å². The molecule has 0 aliphatic heterocycles. The first kappa shape index (κ1) is 15.7. The average molecular weight is 278 g/mol. The summed E-state index contributed by atoms with van der Waals surface area (Å²) in [5.74, 6) is -1.03. The van der Waals surface area contributed by atoms with Crippen LogP contribution in [-0.2, 0) is 4.74 Å². The van der Waals surface area contributed by atoms with Crippen molar-refractivity contribution in [3.05, 3.63) is 35.7 Å². The molecule has 0 saturated carbocycles. The van der Waals surface area contributed by atoms with Crippen molar-refractivity contribution in [1.29, 1.82) is 0 Å². The fourth-order valence-electron chi connectivity index (χ4n) is 1.32. The van der Waals surface area contributed by atoms with Gasteiger partial charge in [0.2, 0.25) is 0 Å². The van der Waals surface area contributed by atoms with Crippen molar-refractivity contribution < 1.29 is 19.4 Å². The van der Waals surface area contributed by atoms with Gasteiger partial charge >= 0.3 is 12.1 Å². The van der Waals surface area contributed by atoms with E-state index in [1.807, 2.05) is 0 Å². The number of pyridine rings is 1. The van der Waals surface area contributed by atoms with Crippen molar-refractivity contribution in [2.24, 2.45) is 0 Å². The maximum absolute atomic E-state index is 11.4. The molecule has 2 N–H and O–H groups in total. The van der Waals surface area contributed by atoms with Gasteiger partial charge in [0.25, 0.3) is 0 Å². The van der Waals surface area contributed by atoms with E-state index < -0.39 is 17.7 Å². The van der Waals surface area contributed by atoms with E-state index in [0.717, 1.165) is 0 Å². The van der Waals surface area contributed by atoms with Crippen LogP contribution < -0.4 is 5.32 Å². The lowest BCUT2D eigenvalue weighted by Gasteiger charge is -2.19. The minimum Gasteiger partial charge on any atom is -0.478 e. The van der Waals surface area contributed by atoms with Crippen molar-refractivity contribution in [1.82, 2.24) is 10.3 Å². The molecular formula is C14H18N2O4. The van der Waals surface area contributed by atoms with E-state index in [2.05, 4.69) is 10.3 Å². The Labute approximate surface area is 117 Å². The molecule has 0 atom stereocenters. The van der Waals surface area contributed by atoms with Crippen LogP contribution in [0.25, 0.3) is 6.08 Å². The molecule has 1 rings (SSSR count). The standard InChI is InChI=1S/C14H18N2O4/c1-14(2,3)20-13(19)16-6-4-5-10-7-11(12(17)18)9-15-8-10/h4-5,7-9H,6H2,1-3H3,(H,16,19)(H,17,18)/b5-4+. The Morgan fingerprint density at radius 2 is 2.10 bits per heavy atom. The maximum atomic E-state index is 11.4. The second kappa shape index (κ2) is 6.70. The van der Waals surface area contributed by atoms with Crippen LogP contribution in [0.3, 0.4) is 0 Å². The van der Waals surface area contributed by atoms with Crippen LogP contribution in [0.15, 0.2) is 24.5 Å². The number of carbonyl (C=O) groups is 2. The highest BCUT2D eigenvalue weighted by Gasteiger charge is 2.14. The average Bonchev–Trinajstić information content (AvgIpc) is 2.33. The molecule has 0 radical (unpaired) electrons. The number of hydrogen-bond donors (Lipinski definition) is 2. The zero-order valence-electron chi connectivity index (χ0n) is 11.7. The topological polar surface area (TPSA) is 88.5 Å². The van der Waals surface area contributed by atoms with E-state index in [1.54, 1.807) is 32.9 Å². The number of nitrogens with one attached hydrogen (secondary N) is 1. The molecule has 1 heterocycles. The van der Waals surface area contributed by atoms with Gasteiger partial charge in [-0.2, -0.15) is 0 Å². The normalized spacial score (nSPS) is 11.3. The number of ether oxygens (including phenoxy) is 1. The largest absolute Gasteiger partial charge is 0.478 e. The lowest BCUT2D eigenvalue weighted by atomic mass is 10.2. The molecule has 1 aromatic rings. The number of rotatable bonds is 4. The smallest absolute Gasteiger partial charge is 0.407 e. The van der Waals surface area contributed by atoms with Gasteiger partial charge in [-0.15, -0.1) is 0 Å². The predicted octanol–water partition coefficient (Wildman–Crippen LogP) is 2.32. The summed E-state index contributed by atoms with van der Waals surface area (Å²) in [6.45, 7) is 5.63. The summed E-state index contributed by atoms with van der Waals surface area (Å²) in [5, 5.41) is 11.4. The van der Waals surface area contributed by atoms with Crippen LogP contribution in [0.1, 0.15) is 36.7 Å². The fraction of sp³-hybridized carbons (Fsp3) is 0.357. The molecule has 0 aliphatic rings. The second-order valence-electron chi connectivity index (χ2n) is 5.10. The Kier molecular flexibility index (Phi) is 5.25. The molecule has 0 aromatic carbocycles. The first-order chi connectivity index (χ1) is 9.28. The number of hydrogen-bond acceptors (Lipinski definition) is 4. The van der Waals surface area contributed by atoms with Gasteiger partial charge in [-0.1, -0.05) is 12.2 Å². The summed E-state index contributed by atoms with van der Waals surface area (Å²) >= 11 is 0. The highest BCUT2D eigenvalue weighted by Crippen LogP contribution is 2.06. The Hall–Kier alpha value is -2.37. The third-order valence-electron chi connectivity index (χ3n) is 2.08. The summed E-state index contributed by atoms with van der Waals surface area (Å²) in [6, 6.07) is 1.50. The summed E-state index contributed by atoms with van der Waals surface area (Å²) in [6.07, 6.45) is 5.68. The highest BCUT2D eigenvalue weighted by atomic mass is 16.6. The molecular weight excluding hydrogens is 260 g/mol. The molecule has 6 nitrogen and oxygen atoms in total. The van der Waals surface area contributed by atoms with Crippen LogP contribution in [0.2, 0.25) is 0 Å². The molecule has 0 bridgehead atoms. The van der Waals surface area contributed by atoms with Gasteiger partial charge in [0.15, 0.2) is 0 Å². The number of carbonyl (C=O) groups excluding carboxylic acids is 1. The maximum Gasteiger partial charge on any atom is 0.407 e. The van der Waals surface area contributed by atoms with Gasteiger partial charge in [-0.05, 0) is 32.4 Å². The Morgan fingerprint density at radius 3 is 2.70 bits per heavy atom. The monoisotopic (exact) mass is 278 g/mol. The summed E-state index contributed by atoms with van der Waals surface area (Å²) in [5.41, 5.74) is 0.233. The first-order valence-electron chi connectivity index (χ1n) is 6.10. The lowest BCUT2D eigenvalue weighted by molar-refractivity contribution is 0.0533. The number of aromatic nitrogens is 1. The van der Waals surface area contributed by atoms with Crippen molar-refractivity contribution in [2.45, 2.75) is 26.4 Å². The van der Waals surface area contributed by atoms with Crippen LogP contribution in [0, 0.1) is 0 Å². The molecule has 1 amide bonds. The quantitative estimate of drug-likeness (QED) is 0.882. The molecule has 0 saturated heterocycles. The number of amides is 1. The Bertz CT molecular complexity index is 518. The lowest BCUT2D eigenvalue weighted by Crippen LogP contribution is -2.32. The van der Waals surface area contributed by atoms with Crippen LogP contribution in [0.5, 0.6) is 0 Å².